The second-order valence-corrected chi connectivity index (χ2v) is 3.54. The summed E-state index contributed by atoms with van der Waals surface area (Å²) in [5.41, 5.74) is 0.779. The van der Waals surface area contributed by atoms with Crippen LogP contribution < -0.4 is 9.47 Å². The average molecular weight is 243 g/mol. The van der Waals surface area contributed by atoms with Gasteiger partial charge < -0.3 is 9.94 Å². The lowest BCUT2D eigenvalue weighted by Crippen LogP contribution is -2.30. The predicted molar refractivity (Wildman–Crippen MR) is 54.3 cm³/mol. The molecule has 2 rings (SSSR count). The largest absolute Gasteiger partial charge is 0.618 e. The predicted octanol–water partition coefficient (Wildman–Crippen LogP) is 2.68. The van der Waals surface area contributed by atoms with E-state index in [-0.39, 0.29) is 5.75 Å². The topological polar surface area (TPSA) is 36.2 Å². The molecular weight excluding hydrogens is 235 g/mol. The van der Waals surface area contributed by atoms with Crippen LogP contribution in [0.25, 0.3) is 10.9 Å². The van der Waals surface area contributed by atoms with Crippen molar-refractivity contribution in [2.45, 2.75) is 13.3 Å². The molecule has 6 heteroatoms. The maximum absolute atomic E-state index is 12.0. The Morgan fingerprint density at radius 1 is 1.18 bits per heavy atom. The van der Waals surface area contributed by atoms with Gasteiger partial charge in [-0.1, -0.05) is 0 Å². The fraction of sp³-hybridized carbons (Fsp3) is 0.182. The van der Waals surface area contributed by atoms with E-state index in [0.29, 0.717) is 21.3 Å². The first-order valence-electron chi connectivity index (χ1n) is 4.75. The highest BCUT2D eigenvalue weighted by Gasteiger charge is 2.31. The third-order valence-electron chi connectivity index (χ3n) is 2.28. The van der Waals surface area contributed by atoms with Crippen molar-refractivity contribution in [2.24, 2.45) is 0 Å². The molecule has 0 bridgehead atoms. The number of nitrogens with zero attached hydrogens (tertiary/aromatic N) is 1. The van der Waals surface area contributed by atoms with E-state index in [4.69, 9.17) is 0 Å². The molecule has 2 aromatic rings. The number of rotatable bonds is 1. The van der Waals surface area contributed by atoms with Crippen LogP contribution in [0.15, 0.2) is 30.3 Å². The van der Waals surface area contributed by atoms with Crippen molar-refractivity contribution in [1.82, 2.24) is 0 Å². The summed E-state index contributed by atoms with van der Waals surface area (Å²) in [7, 11) is 0. The van der Waals surface area contributed by atoms with Gasteiger partial charge in [-0.3, -0.25) is 0 Å². The molecule has 0 fully saturated rings. The lowest BCUT2D eigenvalue weighted by atomic mass is 10.2. The first-order chi connectivity index (χ1) is 7.87. The number of halogens is 3. The molecule has 0 N–H and O–H groups in total. The third-order valence-corrected chi connectivity index (χ3v) is 2.28. The number of pyridine rings is 1. The van der Waals surface area contributed by atoms with E-state index >= 15 is 0 Å². The van der Waals surface area contributed by atoms with E-state index in [1.165, 1.54) is 18.2 Å². The van der Waals surface area contributed by atoms with Crippen LogP contribution in [0, 0.1) is 12.1 Å². The number of ether oxygens (including phenoxy) is 1. The monoisotopic (exact) mass is 243 g/mol. The molecule has 0 atom stereocenters. The molecule has 3 nitrogen and oxygen atoms in total. The Morgan fingerprint density at radius 2 is 1.88 bits per heavy atom. The van der Waals surface area contributed by atoms with E-state index < -0.39 is 6.36 Å². The van der Waals surface area contributed by atoms with Gasteiger partial charge in [0.05, 0.1) is 5.39 Å². The minimum atomic E-state index is -4.73. The van der Waals surface area contributed by atoms with Crippen LogP contribution in [0.1, 0.15) is 5.69 Å². The molecule has 1 aromatic heterocycles. The van der Waals surface area contributed by atoms with E-state index in [1.807, 2.05) is 0 Å². The maximum atomic E-state index is 12.0. The van der Waals surface area contributed by atoms with Crippen LogP contribution in [-0.4, -0.2) is 6.36 Å². The summed E-state index contributed by atoms with van der Waals surface area (Å²) < 4.78 is 40.4. The summed E-state index contributed by atoms with van der Waals surface area (Å²) in [5, 5.41) is 12.0. The fourth-order valence-corrected chi connectivity index (χ4v) is 1.52. The Morgan fingerprint density at radius 3 is 2.53 bits per heavy atom. The highest BCUT2D eigenvalue weighted by atomic mass is 19.4. The van der Waals surface area contributed by atoms with E-state index in [1.54, 1.807) is 13.0 Å². The van der Waals surface area contributed by atoms with Crippen LogP contribution in [0.5, 0.6) is 5.75 Å². The van der Waals surface area contributed by atoms with Gasteiger partial charge in [-0.25, -0.2) is 0 Å². The van der Waals surface area contributed by atoms with Crippen molar-refractivity contribution in [1.29, 1.82) is 0 Å². The van der Waals surface area contributed by atoms with Gasteiger partial charge in [-0.05, 0) is 18.2 Å². The Balaban J connectivity index is 2.49. The SMILES string of the molecule is Cc1ccc2cc(OC(F)(F)F)ccc2[n+]1[O-]. The summed E-state index contributed by atoms with van der Waals surface area (Å²) in [6.45, 7) is 1.62. The van der Waals surface area contributed by atoms with Gasteiger partial charge in [-0.2, -0.15) is 4.73 Å². The van der Waals surface area contributed by atoms with Crippen molar-refractivity contribution < 1.29 is 22.6 Å². The normalized spacial score (nSPS) is 11.8. The highest BCUT2D eigenvalue weighted by molar-refractivity contribution is 5.77. The van der Waals surface area contributed by atoms with Crippen LogP contribution in [0.4, 0.5) is 13.2 Å². The number of fused-ring (bicyclic) bond motifs is 1. The first kappa shape index (κ1) is 11.5. The summed E-state index contributed by atoms with van der Waals surface area (Å²) in [6, 6.07) is 6.70. The van der Waals surface area contributed by atoms with Gasteiger partial charge >= 0.3 is 6.36 Å². The Labute approximate surface area is 94.6 Å². The van der Waals surface area contributed by atoms with Gasteiger partial charge in [0.25, 0.3) is 0 Å². The fourth-order valence-electron chi connectivity index (χ4n) is 1.52. The van der Waals surface area contributed by atoms with Crippen molar-refractivity contribution in [3.63, 3.8) is 0 Å². The van der Waals surface area contributed by atoms with Crippen LogP contribution in [0.2, 0.25) is 0 Å². The molecule has 0 aliphatic carbocycles. The molecule has 17 heavy (non-hydrogen) atoms. The van der Waals surface area contributed by atoms with Gasteiger partial charge in [0, 0.05) is 19.1 Å². The number of benzene rings is 1. The Hall–Kier alpha value is -1.98. The molecule has 0 spiro atoms. The van der Waals surface area contributed by atoms with Crippen molar-refractivity contribution in [2.75, 3.05) is 0 Å². The second kappa shape index (κ2) is 3.80. The Kier molecular flexibility index (Phi) is 2.57. The van der Waals surface area contributed by atoms with Crippen molar-refractivity contribution in [3.05, 3.63) is 41.2 Å². The van der Waals surface area contributed by atoms with Crippen LogP contribution in [-0.2, 0) is 0 Å². The molecule has 1 heterocycles. The van der Waals surface area contributed by atoms with Crippen molar-refractivity contribution >= 4 is 10.9 Å². The lowest BCUT2D eigenvalue weighted by Gasteiger charge is -2.09. The minimum absolute atomic E-state index is 0.305. The maximum Gasteiger partial charge on any atom is 0.573 e. The number of alkyl halides is 3. The zero-order valence-corrected chi connectivity index (χ0v) is 8.78. The summed E-state index contributed by atoms with van der Waals surface area (Å²) in [4.78, 5) is 0. The molecular formula is C11H8F3NO2. The van der Waals surface area contributed by atoms with Crippen molar-refractivity contribution in [3.8, 4) is 5.75 Å². The first-order valence-corrected chi connectivity index (χ1v) is 4.75. The summed E-state index contributed by atoms with van der Waals surface area (Å²) >= 11 is 0. The van der Waals surface area contributed by atoms with Gasteiger partial charge in [0.1, 0.15) is 5.75 Å². The number of hydrogen-bond acceptors (Lipinski definition) is 2. The zero-order valence-electron chi connectivity index (χ0n) is 8.78. The standard InChI is InChI=1S/C11H8F3NO2/c1-7-2-3-8-6-9(17-11(12,13)14)4-5-10(8)15(7)16/h2-6H,1H3. The minimum Gasteiger partial charge on any atom is -0.618 e. The third kappa shape index (κ3) is 2.41. The van der Waals surface area contributed by atoms with E-state index in [2.05, 4.69) is 4.74 Å². The number of aryl methyl sites for hydroxylation is 1. The lowest BCUT2D eigenvalue weighted by molar-refractivity contribution is -0.584. The van der Waals surface area contributed by atoms with Gasteiger partial charge in [-0.15, -0.1) is 13.2 Å². The molecule has 0 radical (unpaired) electrons. The van der Waals surface area contributed by atoms with Crippen LogP contribution in [0.3, 0.4) is 0 Å². The summed E-state index contributed by atoms with van der Waals surface area (Å²) in [5.74, 6) is -0.339. The molecule has 0 aliphatic rings. The molecule has 0 unspecified atom stereocenters. The summed E-state index contributed by atoms with van der Waals surface area (Å²) in [6.07, 6.45) is -4.73. The molecule has 0 saturated carbocycles. The molecule has 1 aromatic carbocycles. The second-order valence-electron chi connectivity index (χ2n) is 3.54. The number of aromatic nitrogens is 1. The smallest absolute Gasteiger partial charge is 0.573 e. The molecule has 0 aliphatic heterocycles. The Bertz CT molecular complexity index is 566. The highest BCUT2D eigenvalue weighted by Crippen LogP contribution is 2.25. The average Bonchev–Trinajstić information content (AvgIpc) is 2.21. The van der Waals surface area contributed by atoms with E-state index in [9.17, 15) is 18.4 Å². The quantitative estimate of drug-likeness (QED) is 0.570. The molecule has 90 valence electrons. The molecule has 0 amide bonds. The van der Waals surface area contributed by atoms with Gasteiger partial charge in [0.15, 0.2) is 5.69 Å². The molecule has 0 saturated heterocycles. The van der Waals surface area contributed by atoms with E-state index in [0.717, 1.165) is 6.07 Å². The zero-order chi connectivity index (χ0) is 12.6. The van der Waals surface area contributed by atoms with Gasteiger partial charge in [0.2, 0.25) is 5.52 Å². The number of hydrogen-bond donors (Lipinski definition) is 0. The van der Waals surface area contributed by atoms with Crippen LogP contribution >= 0.6 is 0 Å².